The van der Waals surface area contributed by atoms with Crippen LogP contribution in [0.25, 0.3) is 0 Å². The topological polar surface area (TPSA) is 64.6 Å². The molecule has 0 atom stereocenters. The number of benzene rings is 2. The Hall–Kier alpha value is -2.05. The molecule has 0 bridgehead atoms. The molecule has 0 saturated heterocycles. The van der Waals surface area contributed by atoms with Gasteiger partial charge in [0.05, 0.1) is 5.69 Å². The molecule has 120 valence electrons. The first-order valence-corrected chi connectivity index (χ1v) is 7.80. The number of rotatable bonds is 6. The van der Waals surface area contributed by atoms with Crippen molar-refractivity contribution >= 4 is 45.1 Å². The lowest BCUT2D eigenvalue weighted by Gasteiger charge is -2.09. The Bertz CT molecular complexity index is 708. The number of carbonyl (C=O) groups excluding carboxylic acids is 2. The molecule has 0 aliphatic rings. The summed E-state index contributed by atoms with van der Waals surface area (Å²) >= 11 is 9.11. The maximum Gasteiger partial charge on any atom is 0.344 e. The molecule has 0 aromatic heterocycles. The number of halogens is 2. The third-order valence-corrected chi connectivity index (χ3v) is 3.59. The van der Waals surface area contributed by atoms with E-state index >= 15 is 0 Å². The van der Waals surface area contributed by atoms with Crippen molar-refractivity contribution in [3.8, 4) is 5.75 Å². The third kappa shape index (κ3) is 5.92. The van der Waals surface area contributed by atoms with Crippen LogP contribution in [0.15, 0.2) is 53.0 Å². The number of hydrogen-bond acceptors (Lipinski definition) is 4. The molecule has 0 aliphatic heterocycles. The van der Waals surface area contributed by atoms with Crippen LogP contribution in [0.3, 0.4) is 0 Å². The van der Waals surface area contributed by atoms with Crippen LogP contribution in [0.1, 0.15) is 0 Å². The van der Waals surface area contributed by atoms with E-state index < -0.39 is 11.9 Å². The molecule has 0 aliphatic carbocycles. The van der Waals surface area contributed by atoms with E-state index in [4.69, 9.17) is 21.1 Å². The summed E-state index contributed by atoms with van der Waals surface area (Å²) in [5.74, 6) is -0.632. The van der Waals surface area contributed by atoms with E-state index in [2.05, 4.69) is 21.2 Å². The van der Waals surface area contributed by atoms with Gasteiger partial charge in [0, 0.05) is 9.50 Å². The molecule has 2 aromatic carbocycles. The van der Waals surface area contributed by atoms with Crippen LogP contribution in [0.4, 0.5) is 5.69 Å². The zero-order chi connectivity index (χ0) is 16.7. The Morgan fingerprint density at radius 3 is 2.61 bits per heavy atom. The number of anilines is 1. The zero-order valence-corrected chi connectivity index (χ0v) is 14.3. The Morgan fingerprint density at radius 2 is 1.87 bits per heavy atom. The van der Waals surface area contributed by atoms with Crippen LogP contribution in [0.2, 0.25) is 5.02 Å². The minimum absolute atomic E-state index is 0.303. The number of nitrogens with one attached hydrogen (secondary N) is 1. The maximum atomic E-state index is 11.7. The predicted molar refractivity (Wildman–Crippen MR) is 90.7 cm³/mol. The van der Waals surface area contributed by atoms with Crippen LogP contribution >= 0.6 is 27.5 Å². The molecule has 0 spiro atoms. The van der Waals surface area contributed by atoms with Gasteiger partial charge in [0.25, 0.3) is 5.91 Å². The normalized spacial score (nSPS) is 10.0. The molecule has 2 rings (SSSR count). The van der Waals surface area contributed by atoms with Crippen molar-refractivity contribution in [3.05, 3.63) is 58.0 Å². The van der Waals surface area contributed by atoms with Gasteiger partial charge in [0.1, 0.15) is 5.75 Å². The first kappa shape index (κ1) is 17.3. The van der Waals surface area contributed by atoms with Gasteiger partial charge in [-0.2, -0.15) is 0 Å². The van der Waals surface area contributed by atoms with Gasteiger partial charge in [-0.05, 0) is 46.3 Å². The van der Waals surface area contributed by atoms with Crippen molar-refractivity contribution in [1.82, 2.24) is 0 Å². The summed E-state index contributed by atoms with van der Waals surface area (Å²) in [7, 11) is 0. The van der Waals surface area contributed by atoms with Crippen molar-refractivity contribution in [3.63, 3.8) is 0 Å². The molecule has 0 radical (unpaired) electrons. The van der Waals surface area contributed by atoms with E-state index in [1.54, 1.807) is 42.5 Å². The van der Waals surface area contributed by atoms with Crippen LogP contribution in [0, 0.1) is 0 Å². The molecule has 0 saturated carbocycles. The fourth-order valence-electron chi connectivity index (χ4n) is 1.64. The summed E-state index contributed by atoms with van der Waals surface area (Å²) in [6.07, 6.45) is 0. The average Bonchev–Trinajstić information content (AvgIpc) is 2.53. The zero-order valence-electron chi connectivity index (χ0n) is 11.9. The van der Waals surface area contributed by atoms with Crippen LogP contribution in [-0.2, 0) is 14.3 Å². The number of amides is 1. The fraction of sp³-hybridized carbons (Fsp3) is 0.125. The molecular weight excluding hydrogens is 386 g/mol. The summed E-state index contributed by atoms with van der Waals surface area (Å²) in [6, 6.07) is 13.8. The van der Waals surface area contributed by atoms with Crippen LogP contribution < -0.4 is 10.1 Å². The van der Waals surface area contributed by atoms with Crippen molar-refractivity contribution < 1.29 is 19.1 Å². The quantitative estimate of drug-likeness (QED) is 0.754. The summed E-state index contributed by atoms with van der Waals surface area (Å²) < 4.78 is 10.8. The fourth-order valence-corrected chi connectivity index (χ4v) is 2.20. The van der Waals surface area contributed by atoms with E-state index in [0.717, 1.165) is 4.47 Å². The highest BCUT2D eigenvalue weighted by Crippen LogP contribution is 2.21. The Kier molecular flexibility index (Phi) is 6.43. The second-order valence-electron chi connectivity index (χ2n) is 4.43. The SMILES string of the molecule is O=C(COC(=O)COc1cccc(Cl)c1)Nc1ccccc1Br. The number of para-hydroxylation sites is 1. The second kappa shape index (κ2) is 8.55. The predicted octanol–water partition coefficient (Wildman–Crippen LogP) is 3.66. The molecule has 2 aromatic rings. The van der Waals surface area contributed by atoms with Gasteiger partial charge in [-0.15, -0.1) is 0 Å². The Morgan fingerprint density at radius 1 is 1.09 bits per heavy atom. The van der Waals surface area contributed by atoms with Gasteiger partial charge in [0.15, 0.2) is 13.2 Å². The number of ether oxygens (including phenoxy) is 2. The lowest BCUT2D eigenvalue weighted by molar-refractivity contribution is -0.149. The summed E-state index contributed by atoms with van der Waals surface area (Å²) in [6.45, 7) is -0.693. The Labute approximate surface area is 146 Å². The van der Waals surface area contributed by atoms with Crippen molar-refractivity contribution in [2.45, 2.75) is 0 Å². The third-order valence-electron chi connectivity index (χ3n) is 2.66. The molecule has 7 heteroatoms. The average molecular weight is 399 g/mol. The Balaban J connectivity index is 1.74. The summed E-state index contributed by atoms with van der Waals surface area (Å²) in [5.41, 5.74) is 0.601. The lowest BCUT2D eigenvalue weighted by atomic mass is 10.3. The standard InChI is InChI=1S/C16H13BrClNO4/c17-13-6-1-2-7-14(13)19-15(20)9-23-16(21)10-22-12-5-3-4-11(18)8-12/h1-8H,9-10H2,(H,19,20). The first-order valence-electron chi connectivity index (χ1n) is 6.63. The molecule has 0 unspecified atom stereocenters. The monoisotopic (exact) mass is 397 g/mol. The van der Waals surface area contributed by atoms with Crippen LogP contribution in [0.5, 0.6) is 5.75 Å². The molecule has 1 N–H and O–H groups in total. The van der Waals surface area contributed by atoms with E-state index in [0.29, 0.717) is 16.5 Å². The van der Waals surface area contributed by atoms with E-state index in [9.17, 15) is 9.59 Å². The number of hydrogen-bond donors (Lipinski definition) is 1. The van der Waals surface area contributed by atoms with Gasteiger partial charge in [0.2, 0.25) is 0 Å². The number of carbonyl (C=O) groups is 2. The highest BCUT2D eigenvalue weighted by Gasteiger charge is 2.10. The lowest BCUT2D eigenvalue weighted by Crippen LogP contribution is -2.23. The molecule has 5 nitrogen and oxygen atoms in total. The van der Waals surface area contributed by atoms with Crippen LogP contribution in [-0.4, -0.2) is 25.1 Å². The molecule has 0 heterocycles. The highest BCUT2D eigenvalue weighted by atomic mass is 79.9. The smallest absolute Gasteiger partial charge is 0.344 e. The molecule has 1 amide bonds. The number of esters is 1. The summed E-state index contributed by atoms with van der Waals surface area (Å²) in [4.78, 5) is 23.3. The minimum atomic E-state index is -0.646. The largest absolute Gasteiger partial charge is 0.482 e. The van der Waals surface area contributed by atoms with Gasteiger partial charge < -0.3 is 14.8 Å². The highest BCUT2D eigenvalue weighted by molar-refractivity contribution is 9.10. The van der Waals surface area contributed by atoms with E-state index in [-0.39, 0.29) is 13.2 Å². The minimum Gasteiger partial charge on any atom is -0.482 e. The van der Waals surface area contributed by atoms with Crippen molar-refractivity contribution in [2.24, 2.45) is 0 Å². The van der Waals surface area contributed by atoms with Crippen molar-refractivity contribution in [2.75, 3.05) is 18.5 Å². The molecule has 0 fully saturated rings. The van der Waals surface area contributed by atoms with Gasteiger partial charge in [-0.1, -0.05) is 29.8 Å². The summed E-state index contributed by atoms with van der Waals surface area (Å²) in [5, 5.41) is 3.13. The van der Waals surface area contributed by atoms with E-state index in [1.807, 2.05) is 6.07 Å². The maximum absolute atomic E-state index is 11.7. The molecular formula is C16H13BrClNO4. The molecule has 23 heavy (non-hydrogen) atoms. The van der Waals surface area contributed by atoms with Crippen molar-refractivity contribution in [1.29, 1.82) is 0 Å². The van der Waals surface area contributed by atoms with Gasteiger partial charge >= 0.3 is 5.97 Å². The first-order chi connectivity index (χ1) is 11.0. The second-order valence-corrected chi connectivity index (χ2v) is 5.73. The van der Waals surface area contributed by atoms with E-state index in [1.165, 1.54) is 0 Å². The van der Waals surface area contributed by atoms with Gasteiger partial charge in [-0.3, -0.25) is 4.79 Å². The van der Waals surface area contributed by atoms with Gasteiger partial charge in [-0.25, -0.2) is 4.79 Å².